The fourth-order valence-electron chi connectivity index (χ4n) is 2.91. The smallest absolute Gasteiger partial charge is 0.193 e. The predicted molar refractivity (Wildman–Crippen MR) is 109 cm³/mol. The fourth-order valence-corrected chi connectivity index (χ4v) is 3.09. The molecule has 2 aromatic carbocycles. The lowest BCUT2D eigenvalue weighted by Gasteiger charge is -2.18. The third kappa shape index (κ3) is 2.97. The molecule has 0 fully saturated rings. The highest BCUT2D eigenvalue weighted by Gasteiger charge is 2.14. The molecule has 0 radical (unpaired) electrons. The molecule has 0 spiro atoms. The lowest BCUT2D eigenvalue weighted by Crippen LogP contribution is -2.14. The molecule has 0 aliphatic heterocycles. The van der Waals surface area contributed by atoms with E-state index in [1.165, 1.54) is 0 Å². The maximum Gasteiger partial charge on any atom is 0.193 e. The van der Waals surface area contributed by atoms with Gasteiger partial charge in [-0.15, -0.1) is 12.6 Å². The summed E-state index contributed by atoms with van der Waals surface area (Å²) in [6, 6.07) is 23.0. The number of rotatable bonds is 3. The molecule has 0 aliphatic carbocycles. The third-order valence-electron chi connectivity index (χ3n) is 4.21. The zero-order valence-corrected chi connectivity index (χ0v) is 15.1. The molecule has 0 saturated carbocycles. The fraction of sp³-hybridized carbons (Fsp3) is 0.0476. The lowest BCUT2D eigenvalue weighted by atomic mass is 10.2. The molecule has 5 heteroatoms. The number of hydrogen-bond acceptors (Lipinski definition) is 4. The summed E-state index contributed by atoms with van der Waals surface area (Å²) in [4.78, 5) is 18.1. The molecule has 2 heterocycles. The van der Waals surface area contributed by atoms with E-state index in [0.717, 1.165) is 17.1 Å². The summed E-state index contributed by atoms with van der Waals surface area (Å²) < 4.78 is 1.96. The number of benzene rings is 2. The molecule has 0 unspecified atom stereocenters. The van der Waals surface area contributed by atoms with Gasteiger partial charge < -0.3 is 5.32 Å². The summed E-state index contributed by atoms with van der Waals surface area (Å²) in [5, 5.41) is 3.89. The first-order chi connectivity index (χ1) is 12.6. The minimum Gasteiger partial charge on any atom is -0.341 e. The van der Waals surface area contributed by atoms with E-state index in [4.69, 9.17) is 0 Å². The minimum absolute atomic E-state index is 0.0894. The number of nitrogens with one attached hydrogen (secondary N) is 1. The number of fused-ring (bicyclic) bond motifs is 1. The van der Waals surface area contributed by atoms with Crippen LogP contribution in [0.4, 0.5) is 11.5 Å². The second-order valence-corrected chi connectivity index (χ2v) is 6.50. The standard InChI is InChI=1S/C21H17N3OS/c1-14-19(26)12-17-18(25)13-20(23-15-8-4-2-5-9-15)24(21(17)22-14)16-10-6-3-7-11-16/h2-13,23,26H,1H3. The topological polar surface area (TPSA) is 46.9 Å². The molecule has 0 atom stereocenters. The first-order valence-electron chi connectivity index (χ1n) is 8.27. The summed E-state index contributed by atoms with van der Waals surface area (Å²) >= 11 is 4.42. The highest BCUT2D eigenvalue weighted by molar-refractivity contribution is 7.80. The number of para-hydroxylation sites is 2. The zero-order chi connectivity index (χ0) is 18.1. The van der Waals surface area contributed by atoms with Gasteiger partial charge in [0, 0.05) is 22.3 Å². The van der Waals surface area contributed by atoms with Crippen molar-refractivity contribution in [2.45, 2.75) is 11.8 Å². The van der Waals surface area contributed by atoms with Gasteiger partial charge in [-0.2, -0.15) is 0 Å². The van der Waals surface area contributed by atoms with E-state index in [2.05, 4.69) is 22.9 Å². The first-order valence-corrected chi connectivity index (χ1v) is 8.72. The Labute approximate surface area is 156 Å². The Morgan fingerprint density at radius 2 is 1.62 bits per heavy atom. The van der Waals surface area contributed by atoms with Crippen molar-refractivity contribution in [2.75, 3.05) is 5.32 Å². The van der Waals surface area contributed by atoms with Crippen LogP contribution < -0.4 is 10.7 Å². The van der Waals surface area contributed by atoms with Crippen molar-refractivity contribution in [3.63, 3.8) is 0 Å². The van der Waals surface area contributed by atoms with Crippen molar-refractivity contribution in [2.24, 2.45) is 0 Å². The molecule has 0 aliphatic rings. The quantitative estimate of drug-likeness (QED) is 0.520. The van der Waals surface area contributed by atoms with Gasteiger partial charge in [0.25, 0.3) is 0 Å². The van der Waals surface area contributed by atoms with Crippen LogP contribution in [-0.2, 0) is 0 Å². The van der Waals surface area contributed by atoms with Gasteiger partial charge in [-0.05, 0) is 37.3 Å². The maximum atomic E-state index is 12.7. The van der Waals surface area contributed by atoms with Gasteiger partial charge in [0.2, 0.25) is 0 Å². The van der Waals surface area contributed by atoms with Crippen LogP contribution in [0.2, 0.25) is 0 Å². The number of nitrogens with zero attached hydrogens (tertiary/aromatic N) is 2. The van der Waals surface area contributed by atoms with E-state index in [-0.39, 0.29) is 5.43 Å². The van der Waals surface area contributed by atoms with Crippen molar-refractivity contribution < 1.29 is 0 Å². The Hall–Kier alpha value is -3.05. The van der Waals surface area contributed by atoms with Crippen molar-refractivity contribution in [3.05, 3.63) is 88.7 Å². The Balaban J connectivity index is 2.04. The van der Waals surface area contributed by atoms with Crippen LogP contribution in [0.25, 0.3) is 16.7 Å². The van der Waals surface area contributed by atoms with Crippen LogP contribution in [0, 0.1) is 6.92 Å². The van der Waals surface area contributed by atoms with Crippen molar-refractivity contribution >= 4 is 35.2 Å². The molecular weight excluding hydrogens is 342 g/mol. The van der Waals surface area contributed by atoms with Crippen molar-refractivity contribution in [1.82, 2.24) is 9.55 Å². The number of pyridine rings is 2. The summed E-state index contributed by atoms with van der Waals surface area (Å²) in [6.07, 6.45) is 0. The van der Waals surface area contributed by atoms with E-state index in [0.29, 0.717) is 21.7 Å². The van der Waals surface area contributed by atoms with Gasteiger partial charge in [0.05, 0.1) is 11.1 Å². The van der Waals surface area contributed by atoms with Gasteiger partial charge in [-0.3, -0.25) is 9.36 Å². The van der Waals surface area contributed by atoms with Crippen LogP contribution >= 0.6 is 12.6 Å². The Morgan fingerprint density at radius 1 is 0.962 bits per heavy atom. The molecule has 0 amide bonds. The zero-order valence-electron chi connectivity index (χ0n) is 14.2. The maximum absolute atomic E-state index is 12.7. The number of thiol groups is 1. The van der Waals surface area contributed by atoms with Crippen LogP contribution in [-0.4, -0.2) is 9.55 Å². The average molecular weight is 359 g/mol. The number of anilines is 2. The van der Waals surface area contributed by atoms with Crippen LogP contribution in [0.15, 0.2) is 82.5 Å². The molecule has 4 rings (SSSR count). The van der Waals surface area contributed by atoms with Gasteiger partial charge in [-0.25, -0.2) is 4.98 Å². The SMILES string of the molecule is Cc1nc2c(cc1S)c(=O)cc(Nc1ccccc1)n2-c1ccccc1. The lowest BCUT2D eigenvalue weighted by molar-refractivity contribution is 1.03. The summed E-state index contributed by atoms with van der Waals surface area (Å²) in [6.45, 7) is 1.89. The average Bonchev–Trinajstić information content (AvgIpc) is 2.65. The number of aromatic nitrogens is 2. The summed E-state index contributed by atoms with van der Waals surface area (Å²) in [7, 11) is 0. The second-order valence-electron chi connectivity index (χ2n) is 6.02. The summed E-state index contributed by atoms with van der Waals surface area (Å²) in [5.74, 6) is 0.665. The Morgan fingerprint density at radius 3 is 2.31 bits per heavy atom. The van der Waals surface area contributed by atoms with E-state index in [1.54, 1.807) is 12.1 Å². The molecule has 4 nitrogen and oxygen atoms in total. The molecule has 4 aromatic rings. The molecule has 26 heavy (non-hydrogen) atoms. The van der Waals surface area contributed by atoms with Crippen LogP contribution in [0.5, 0.6) is 0 Å². The monoisotopic (exact) mass is 359 g/mol. The van der Waals surface area contributed by atoms with E-state index >= 15 is 0 Å². The van der Waals surface area contributed by atoms with Crippen molar-refractivity contribution in [3.8, 4) is 5.69 Å². The van der Waals surface area contributed by atoms with Crippen molar-refractivity contribution in [1.29, 1.82) is 0 Å². The van der Waals surface area contributed by atoms with E-state index in [9.17, 15) is 4.79 Å². The normalized spacial score (nSPS) is 10.8. The third-order valence-corrected chi connectivity index (χ3v) is 4.67. The molecular formula is C21H17N3OS. The Bertz CT molecular complexity index is 1140. The van der Waals surface area contributed by atoms with Gasteiger partial charge in [0.15, 0.2) is 5.43 Å². The highest BCUT2D eigenvalue weighted by atomic mass is 32.1. The first kappa shape index (κ1) is 16.4. The highest BCUT2D eigenvalue weighted by Crippen LogP contribution is 2.26. The number of hydrogen-bond donors (Lipinski definition) is 2. The minimum atomic E-state index is -0.0894. The van der Waals surface area contributed by atoms with Gasteiger partial charge >= 0.3 is 0 Å². The van der Waals surface area contributed by atoms with Crippen LogP contribution in [0.1, 0.15) is 5.69 Å². The largest absolute Gasteiger partial charge is 0.341 e. The van der Waals surface area contributed by atoms with E-state index in [1.807, 2.05) is 72.2 Å². The number of aryl methyl sites for hydroxylation is 1. The molecule has 2 aromatic heterocycles. The van der Waals surface area contributed by atoms with Gasteiger partial charge in [-0.1, -0.05) is 36.4 Å². The Kier molecular flexibility index (Phi) is 4.22. The van der Waals surface area contributed by atoms with E-state index < -0.39 is 0 Å². The predicted octanol–water partition coefficient (Wildman–Crippen LogP) is 4.73. The summed E-state index contributed by atoms with van der Waals surface area (Å²) in [5.41, 5.74) is 3.13. The second kappa shape index (κ2) is 6.69. The molecule has 1 N–H and O–H groups in total. The molecule has 0 bridgehead atoms. The van der Waals surface area contributed by atoms with Gasteiger partial charge in [0.1, 0.15) is 11.5 Å². The molecule has 0 saturated heterocycles. The van der Waals surface area contributed by atoms with Crippen LogP contribution in [0.3, 0.4) is 0 Å². The molecule has 128 valence electrons.